The Morgan fingerprint density at radius 3 is 2.29 bits per heavy atom. The van der Waals surface area contributed by atoms with Gasteiger partial charge >= 0.3 is 0 Å². The summed E-state index contributed by atoms with van der Waals surface area (Å²) in [6.07, 6.45) is 2.45. The van der Waals surface area contributed by atoms with Crippen molar-refractivity contribution in [1.29, 1.82) is 0 Å². The van der Waals surface area contributed by atoms with Crippen LogP contribution in [0.15, 0.2) is 4.99 Å². The lowest BCUT2D eigenvalue weighted by Crippen LogP contribution is -2.47. The van der Waals surface area contributed by atoms with Gasteiger partial charge in [0.15, 0.2) is 5.96 Å². The zero-order chi connectivity index (χ0) is 15.1. The SMILES string of the molecule is CCC(CC)CNC(=NC)NC1CN(C(C)C)CC1C.I. The number of aliphatic imine (C=N–C) groups is 1. The van der Waals surface area contributed by atoms with Gasteiger partial charge in [-0.15, -0.1) is 24.0 Å². The van der Waals surface area contributed by atoms with Crippen molar-refractivity contribution in [3.63, 3.8) is 0 Å². The van der Waals surface area contributed by atoms with Crippen molar-refractivity contribution in [2.75, 3.05) is 26.7 Å². The first-order valence-electron chi connectivity index (χ1n) is 8.22. The van der Waals surface area contributed by atoms with E-state index in [1.54, 1.807) is 0 Å². The zero-order valence-electron chi connectivity index (χ0n) is 14.6. The molecule has 4 nitrogen and oxygen atoms in total. The van der Waals surface area contributed by atoms with E-state index in [0.717, 1.165) is 25.0 Å². The van der Waals surface area contributed by atoms with E-state index in [4.69, 9.17) is 0 Å². The normalized spacial score (nSPS) is 23.5. The van der Waals surface area contributed by atoms with Crippen LogP contribution in [-0.2, 0) is 0 Å². The minimum absolute atomic E-state index is 0. The van der Waals surface area contributed by atoms with Gasteiger partial charge in [-0.3, -0.25) is 9.89 Å². The maximum absolute atomic E-state index is 4.37. The first-order chi connectivity index (χ1) is 9.51. The Morgan fingerprint density at radius 2 is 1.86 bits per heavy atom. The van der Waals surface area contributed by atoms with Crippen LogP contribution in [0, 0.1) is 11.8 Å². The molecule has 2 N–H and O–H groups in total. The van der Waals surface area contributed by atoms with E-state index >= 15 is 0 Å². The van der Waals surface area contributed by atoms with Crippen molar-refractivity contribution in [2.24, 2.45) is 16.8 Å². The summed E-state index contributed by atoms with van der Waals surface area (Å²) in [7, 11) is 1.86. The maximum atomic E-state index is 4.37. The van der Waals surface area contributed by atoms with Gasteiger partial charge in [0.25, 0.3) is 0 Å². The molecule has 0 aromatic carbocycles. The summed E-state index contributed by atoms with van der Waals surface area (Å²) < 4.78 is 0. The fourth-order valence-electron chi connectivity index (χ4n) is 2.80. The van der Waals surface area contributed by atoms with E-state index in [2.05, 4.69) is 55.1 Å². The van der Waals surface area contributed by atoms with Crippen molar-refractivity contribution in [2.45, 2.75) is 59.5 Å². The molecule has 1 heterocycles. The highest BCUT2D eigenvalue weighted by Gasteiger charge is 2.31. The quantitative estimate of drug-likeness (QED) is 0.402. The van der Waals surface area contributed by atoms with Gasteiger partial charge in [0, 0.05) is 38.8 Å². The van der Waals surface area contributed by atoms with Gasteiger partial charge in [-0.25, -0.2) is 0 Å². The molecule has 0 aromatic rings. The Balaban J connectivity index is 0.00000400. The van der Waals surface area contributed by atoms with E-state index in [0.29, 0.717) is 18.0 Å². The molecule has 0 radical (unpaired) electrons. The molecule has 2 atom stereocenters. The zero-order valence-corrected chi connectivity index (χ0v) is 17.0. The Kier molecular flexibility index (Phi) is 10.6. The van der Waals surface area contributed by atoms with Crippen molar-refractivity contribution < 1.29 is 0 Å². The molecule has 5 heteroatoms. The van der Waals surface area contributed by atoms with E-state index < -0.39 is 0 Å². The Hall–Kier alpha value is -0.0400. The molecule has 1 rings (SSSR count). The topological polar surface area (TPSA) is 39.7 Å². The van der Waals surface area contributed by atoms with E-state index in [1.165, 1.54) is 19.4 Å². The van der Waals surface area contributed by atoms with Gasteiger partial charge in [0.1, 0.15) is 0 Å². The minimum atomic E-state index is 0. The highest BCUT2D eigenvalue weighted by Crippen LogP contribution is 2.18. The first kappa shape index (κ1) is 21.0. The van der Waals surface area contributed by atoms with E-state index in [9.17, 15) is 0 Å². The third kappa shape index (κ3) is 6.72. The van der Waals surface area contributed by atoms with Crippen LogP contribution in [0.1, 0.15) is 47.5 Å². The van der Waals surface area contributed by atoms with Crippen molar-refractivity contribution >= 4 is 29.9 Å². The highest BCUT2D eigenvalue weighted by atomic mass is 127. The average molecular weight is 410 g/mol. The Morgan fingerprint density at radius 1 is 1.24 bits per heavy atom. The number of halogens is 1. The van der Waals surface area contributed by atoms with Gasteiger partial charge in [-0.05, 0) is 25.7 Å². The third-order valence-corrected chi connectivity index (χ3v) is 4.63. The summed E-state index contributed by atoms with van der Waals surface area (Å²) in [5.41, 5.74) is 0. The molecule has 126 valence electrons. The van der Waals surface area contributed by atoms with Crippen molar-refractivity contribution in [3.8, 4) is 0 Å². The van der Waals surface area contributed by atoms with Crippen LogP contribution in [0.5, 0.6) is 0 Å². The van der Waals surface area contributed by atoms with E-state index in [-0.39, 0.29) is 24.0 Å². The molecule has 0 saturated carbocycles. The molecule has 0 aliphatic carbocycles. The fourth-order valence-corrected chi connectivity index (χ4v) is 2.80. The lowest BCUT2D eigenvalue weighted by atomic mass is 10.0. The molecule has 21 heavy (non-hydrogen) atoms. The van der Waals surface area contributed by atoms with Crippen LogP contribution in [0.3, 0.4) is 0 Å². The van der Waals surface area contributed by atoms with Crippen LogP contribution in [-0.4, -0.2) is 49.6 Å². The molecule has 1 fully saturated rings. The predicted molar refractivity (Wildman–Crippen MR) is 104 cm³/mol. The number of nitrogens with zero attached hydrogens (tertiary/aromatic N) is 2. The molecule has 0 aromatic heterocycles. The summed E-state index contributed by atoms with van der Waals surface area (Å²) >= 11 is 0. The number of guanidine groups is 1. The van der Waals surface area contributed by atoms with Crippen LogP contribution >= 0.6 is 24.0 Å². The minimum Gasteiger partial charge on any atom is -0.356 e. The number of rotatable bonds is 6. The van der Waals surface area contributed by atoms with Gasteiger partial charge in [-0.1, -0.05) is 33.6 Å². The molecule has 1 saturated heterocycles. The second-order valence-electron chi connectivity index (χ2n) is 6.41. The predicted octanol–water partition coefficient (Wildman–Crippen LogP) is 2.93. The maximum Gasteiger partial charge on any atom is 0.191 e. The second-order valence-corrected chi connectivity index (χ2v) is 6.41. The summed E-state index contributed by atoms with van der Waals surface area (Å²) in [5, 5.41) is 7.08. The van der Waals surface area contributed by atoms with Gasteiger partial charge in [-0.2, -0.15) is 0 Å². The lowest BCUT2D eigenvalue weighted by Gasteiger charge is -2.23. The van der Waals surface area contributed by atoms with Crippen LogP contribution in [0.25, 0.3) is 0 Å². The Labute approximate surface area is 148 Å². The van der Waals surface area contributed by atoms with Crippen LogP contribution in [0.4, 0.5) is 0 Å². The molecule has 0 amide bonds. The van der Waals surface area contributed by atoms with Gasteiger partial charge < -0.3 is 10.6 Å². The molecule has 0 bridgehead atoms. The number of likely N-dealkylation sites (tertiary alicyclic amines) is 1. The smallest absolute Gasteiger partial charge is 0.191 e. The summed E-state index contributed by atoms with van der Waals surface area (Å²) in [5.74, 6) is 2.37. The van der Waals surface area contributed by atoms with E-state index in [1.807, 2.05) is 7.05 Å². The number of hydrogen-bond donors (Lipinski definition) is 2. The molecule has 1 aliphatic rings. The Bertz CT molecular complexity index is 303. The van der Waals surface area contributed by atoms with Crippen molar-refractivity contribution in [1.82, 2.24) is 15.5 Å². The van der Waals surface area contributed by atoms with Gasteiger partial charge in [0.2, 0.25) is 0 Å². The number of nitrogens with one attached hydrogen (secondary N) is 2. The number of hydrogen-bond acceptors (Lipinski definition) is 2. The standard InChI is InChI=1S/C16H34N4.HI/c1-7-14(8-2)9-18-16(17-6)19-15-11-20(12(3)4)10-13(15)5;/h12-15H,7-11H2,1-6H3,(H2,17,18,19);1H. The third-order valence-electron chi connectivity index (χ3n) is 4.63. The molecular weight excluding hydrogens is 375 g/mol. The lowest BCUT2D eigenvalue weighted by molar-refractivity contribution is 0.265. The second kappa shape index (κ2) is 10.6. The molecule has 1 aliphatic heterocycles. The monoisotopic (exact) mass is 410 g/mol. The molecular formula is C16H35IN4. The average Bonchev–Trinajstić information content (AvgIpc) is 2.80. The molecule has 0 spiro atoms. The molecule has 2 unspecified atom stereocenters. The summed E-state index contributed by atoms with van der Waals surface area (Å²) in [6, 6.07) is 1.13. The van der Waals surface area contributed by atoms with Gasteiger partial charge in [0.05, 0.1) is 0 Å². The van der Waals surface area contributed by atoms with Crippen molar-refractivity contribution in [3.05, 3.63) is 0 Å². The largest absolute Gasteiger partial charge is 0.356 e. The van der Waals surface area contributed by atoms with Crippen LogP contribution in [0.2, 0.25) is 0 Å². The highest BCUT2D eigenvalue weighted by molar-refractivity contribution is 14.0. The van der Waals surface area contributed by atoms with Crippen LogP contribution < -0.4 is 10.6 Å². The summed E-state index contributed by atoms with van der Waals surface area (Å²) in [6.45, 7) is 14.7. The first-order valence-corrected chi connectivity index (χ1v) is 8.22. The fraction of sp³-hybridized carbons (Fsp3) is 0.938. The summed E-state index contributed by atoms with van der Waals surface area (Å²) in [4.78, 5) is 6.91.